The highest BCUT2D eigenvalue weighted by Crippen LogP contribution is 2.25. The summed E-state index contributed by atoms with van der Waals surface area (Å²) in [6.07, 6.45) is 2.43. The number of methoxy groups -OCH3 is 1. The van der Waals surface area contributed by atoms with E-state index in [1.807, 2.05) is 43.3 Å². The van der Waals surface area contributed by atoms with Crippen molar-refractivity contribution < 1.29 is 4.74 Å². The zero-order valence-corrected chi connectivity index (χ0v) is 15.5. The lowest BCUT2D eigenvalue weighted by Gasteiger charge is -2.11. The molecule has 0 aliphatic carbocycles. The van der Waals surface area contributed by atoms with Gasteiger partial charge in [0.05, 0.1) is 7.11 Å². The minimum Gasteiger partial charge on any atom is -0.497 e. The second-order valence-corrected chi connectivity index (χ2v) is 6.26. The lowest BCUT2D eigenvalue weighted by atomic mass is 10.1. The summed E-state index contributed by atoms with van der Waals surface area (Å²) >= 11 is 6.16. The first-order valence-corrected chi connectivity index (χ1v) is 8.74. The number of anilines is 3. The molecule has 0 fully saturated rings. The molecule has 2 N–H and O–H groups in total. The SMILES string of the molecule is COc1ccc(CCNc2cc(Nc3cccc(Cl)c3C)ncn2)cc1. The molecule has 1 aromatic heterocycles. The van der Waals surface area contributed by atoms with E-state index in [-0.39, 0.29) is 0 Å². The average Bonchev–Trinajstić information content (AvgIpc) is 2.66. The fraction of sp³-hybridized carbons (Fsp3) is 0.200. The standard InChI is InChI=1S/C20H21ClN4O/c1-14-17(21)4-3-5-18(14)25-20-12-19(23-13-24-20)22-11-10-15-6-8-16(26-2)9-7-15/h3-9,12-13H,10-11H2,1-2H3,(H2,22,23,24,25). The van der Waals surface area contributed by atoms with Crippen LogP contribution in [-0.2, 0) is 6.42 Å². The van der Waals surface area contributed by atoms with Crippen molar-refractivity contribution in [1.82, 2.24) is 9.97 Å². The van der Waals surface area contributed by atoms with E-state index in [9.17, 15) is 0 Å². The fourth-order valence-corrected chi connectivity index (χ4v) is 2.70. The third-order valence-electron chi connectivity index (χ3n) is 4.08. The Bertz CT molecular complexity index is 868. The maximum absolute atomic E-state index is 6.16. The summed E-state index contributed by atoms with van der Waals surface area (Å²) in [6, 6.07) is 15.7. The van der Waals surface area contributed by atoms with E-state index in [1.54, 1.807) is 7.11 Å². The molecular weight excluding hydrogens is 348 g/mol. The summed E-state index contributed by atoms with van der Waals surface area (Å²) in [5.74, 6) is 2.36. The monoisotopic (exact) mass is 368 g/mol. The van der Waals surface area contributed by atoms with Crippen LogP contribution in [0.1, 0.15) is 11.1 Å². The van der Waals surface area contributed by atoms with Crippen LogP contribution in [-0.4, -0.2) is 23.6 Å². The maximum atomic E-state index is 6.16. The second-order valence-electron chi connectivity index (χ2n) is 5.85. The van der Waals surface area contributed by atoms with E-state index in [0.29, 0.717) is 0 Å². The van der Waals surface area contributed by atoms with Gasteiger partial charge in [0.2, 0.25) is 0 Å². The highest BCUT2D eigenvalue weighted by Gasteiger charge is 2.04. The summed E-state index contributed by atoms with van der Waals surface area (Å²) in [7, 11) is 1.67. The van der Waals surface area contributed by atoms with Gasteiger partial charge in [-0.1, -0.05) is 29.8 Å². The number of ether oxygens (including phenoxy) is 1. The Morgan fingerprint density at radius 2 is 1.81 bits per heavy atom. The number of nitrogens with zero attached hydrogens (tertiary/aromatic N) is 2. The Kier molecular flexibility index (Phi) is 5.92. The highest BCUT2D eigenvalue weighted by atomic mass is 35.5. The third-order valence-corrected chi connectivity index (χ3v) is 4.49. The molecule has 134 valence electrons. The molecule has 3 aromatic rings. The molecule has 0 aliphatic heterocycles. The van der Waals surface area contributed by atoms with Crippen LogP contribution in [0.2, 0.25) is 5.02 Å². The first-order valence-electron chi connectivity index (χ1n) is 8.36. The molecule has 26 heavy (non-hydrogen) atoms. The Balaban J connectivity index is 1.59. The molecule has 0 saturated heterocycles. The summed E-state index contributed by atoms with van der Waals surface area (Å²) in [4.78, 5) is 8.54. The largest absolute Gasteiger partial charge is 0.497 e. The van der Waals surface area contributed by atoms with E-state index in [4.69, 9.17) is 16.3 Å². The van der Waals surface area contributed by atoms with E-state index in [2.05, 4.69) is 32.7 Å². The molecule has 0 saturated carbocycles. The van der Waals surface area contributed by atoms with Crippen LogP contribution in [0, 0.1) is 6.92 Å². The van der Waals surface area contributed by atoms with Crippen molar-refractivity contribution in [2.75, 3.05) is 24.3 Å². The van der Waals surface area contributed by atoms with Crippen LogP contribution >= 0.6 is 11.6 Å². The number of nitrogens with one attached hydrogen (secondary N) is 2. The molecule has 2 aromatic carbocycles. The van der Waals surface area contributed by atoms with Crippen molar-refractivity contribution in [3.05, 3.63) is 71.0 Å². The molecule has 0 bridgehead atoms. The summed E-state index contributed by atoms with van der Waals surface area (Å²) in [6.45, 7) is 2.75. The Labute approximate surface area is 158 Å². The van der Waals surface area contributed by atoms with Gasteiger partial charge in [0.1, 0.15) is 23.7 Å². The predicted molar refractivity (Wildman–Crippen MR) is 107 cm³/mol. The van der Waals surface area contributed by atoms with E-state index >= 15 is 0 Å². The van der Waals surface area contributed by atoms with Crippen molar-refractivity contribution in [2.24, 2.45) is 0 Å². The molecule has 1 heterocycles. The van der Waals surface area contributed by atoms with Gasteiger partial charge in [0.25, 0.3) is 0 Å². The van der Waals surface area contributed by atoms with Crippen LogP contribution in [0.4, 0.5) is 17.3 Å². The molecule has 0 unspecified atom stereocenters. The Morgan fingerprint density at radius 1 is 1.04 bits per heavy atom. The minimum atomic E-state index is 0.720. The second kappa shape index (κ2) is 8.54. The number of hydrogen-bond acceptors (Lipinski definition) is 5. The lowest BCUT2D eigenvalue weighted by molar-refractivity contribution is 0.414. The molecule has 0 spiro atoms. The lowest BCUT2D eigenvalue weighted by Crippen LogP contribution is -2.07. The van der Waals surface area contributed by atoms with Crippen LogP contribution in [0.5, 0.6) is 5.75 Å². The Hall–Kier alpha value is -2.79. The maximum Gasteiger partial charge on any atom is 0.135 e. The zero-order chi connectivity index (χ0) is 18.4. The van der Waals surface area contributed by atoms with Gasteiger partial charge in [-0.05, 0) is 48.7 Å². The van der Waals surface area contributed by atoms with Crippen molar-refractivity contribution in [3.8, 4) is 5.75 Å². The minimum absolute atomic E-state index is 0.720. The number of rotatable bonds is 7. The number of aromatic nitrogens is 2. The van der Waals surface area contributed by atoms with Crippen LogP contribution in [0.15, 0.2) is 54.9 Å². The number of hydrogen-bond donors (Lipinski definition) is 2. The molecular formula is C20H21ClN4O. The fourth-order valence-electron chi connectivity index (χ4n) is 2.53. The molecule has 3 rings (SSSR count). The van der Waals surface area contributed by atoms with E-state index in [1.165, 1.54) is 11.9 Å². The van der Waals surface area contributed by atoms with Gasteiger partial charge in [0, 0.05) is 23.3 Å². The van der Waals surface area contributed by atoms with Crippen LogP contribution in [0.3, 0.4) is 0 Å². The molecule has 0 amide bonds. The Morgan fingerprint density at radius 3 is 2.58 bits per heavy atom. The first-order chi connectivity index (χ1) is 12.7. The molecule has 0 radical (unpaired) electrons. The zero-order valence-electron chi connectivity index (χ0n) is 14.8. The molecule has 5 nitrogen and oxygen atoms in total. The quantitative estimate of drug-likeness (QED) is 0.624. The van der Waals surface area contributed by atoms with Gasteiger partial charge >= 0.3 is 0 Å². The van der Waals surface area contributed by atoms with Gasteiger partial charge in [-0.2, -0.15) is 0 Å². The van der Waals surface area contributed by atoms with Gasteiger partial charge in [-0.25, -0.2) is 9.97 Å². The van der Waals surface area contributed by atoms with E-state index in [0.717, 1.165) is 46.6 Å². The summed E-state index contributed by atoms with van der Waals surface area (Å²) in [5, 5.41) is 7.33. The van der Waals surface area contributed by atoms with Gasteiger partial charge in [-0.15, -0.1) is 0 Å². The van der Waals surface area contributed by atoms with Crippen LogP contribution < -0.4 is 15.4 Å². The first kappa shape index (κ1) is 18.0. The summed E-state index contributed by atoms with van der Waals surface area (Å²) in [5.41, 5.74) is 3.16. The third kappa shape index (κ3) is 4.64. The van der Waals surface area contributed by atoms with Gasteiger partial charge < -0.3 is 15.4 Å². The van der Waals surface area contributed by atoms with Crippen molar-refractivity contribution in [2.45, 2.75) is 13.3 Å². The summed E-state index contributed by atoms with van der Waals surface area (Å²) < 4.78 is 5.17. The average molecular weight is 369 g/mol. The molecule has 6 heteroatoms. The van der Waals surface area contributed by atoms with E-state index < -0.39 is 0 Å². The number of halogens is 1. The van der Waals surface area contributed by atoms with Crippen molar-refractivity contribution in [1.29, 1.82) is 0 Å². The topological polar surface area (TPSA) is 59.1 Å². The van der Waals surface area contributed by atoms with Crippen molar-refractivity contribution in [3.63, 3.8) is 0 Å². The van der Waals surface area contributed by atoms with Crippen molar-refractivity contribution >= 4 is 28.9 Å². The van der Waals surface area contributed by atoms with Gasteiger partial charge in [-0.3, -0.25) is 0 Å². The smallest absolute Gasteiger partial charge is 0.135 e. The highest BCUT2D eigenvalue weighted by molar-refractivity contribution is 6.31. The van der Waals surface area contributed by atoms with Gasteiger partial charge in [0.15, 0.2) is 0 Å². The predicted octanol–water partition coefficient (Wildman–Crippen LogP) is 4.85. The normalized spacial score (nSPS) is 10.4. The molecule has 0 atom stereocenters. The number of benzene rings is 2. The molecule has 0 aliphatic rings. The van der Waals surface area contributed by atoms with Crippen LogP contribution in [0.25, 0.3) is 0 Å².